The Hall–Kier alpha value is -3.16. The Morgan fingerprint density at radius 1 is 0.795 bits per heavy atom. The van der Waals surface area contributed by atoms with Crippen LogP contribution < -0.4 is 16.0 Å². The van der Waals surface area contributed by atoms with Gasteiger partial charge in [0.1, 0.15) is 17.1 Å². The highest BCUT2D eigenvalue weighted by atomic mass is 16.5. The maximum atomic E-state index is 12.8. The molecule has 2 heterocycles. The number of imidazole rings is 1. The van der Waals surface area contributed by atoms with Crippen LogP contribution in [0.15, 0.2) is 33.9 Å². The molecule has 0 atom stereocenters. The molecular weight excluding hydrogens is 492 g/mol. The lowest BCUT2D eigenvalue weighted by atomic mass is 10.0. The van der Waals surface area contributed by atoms with Crippen molar-refractivity contribution in [3.05, 3.63) is 56.5 Å². The first-order valence-electron chi connectivity index (χ1n) is 14.8. The number of aryl methyl sites for hydroxylation is 1. The summed E-state index contributed by atoms with van der Waals surface area (Å²) in [6, 6.07) is 7.13. The first kappa shape index (κ1) is 30.4. The van der Waals surface area contributed by atoms with E-state index in [0.29, 0.717) is 18.0 Å². The number of nitrogens with one attached hydrogen (secondary N) is 1. The number of unbranched alkanes of at least 4 members (excludes halogenated alkanes) is 13. The first-order valence-corrected chi connectivity index (χ1v) is 14.8. The van der Waals surface area contributed by atoms with Crippen LogP contribution in [-0.2, 0) is 20.5 Å². The van der Waals surface area contributed by atoms with Gasteiger partial charge in [-0.1, -0.05) is 90.4 Å². The van der Waals surface area contributed by atoms with Crippen molar-refractivity contribution in [1.82, 2.24) is 19.1 Å². The SMILES string of the molecule is CCCCCCCCCCCCCCCCOc1ccc(C(=O)Cc2nc3c([nH]2)c(=O)n(C)c(=O)n3C)cc1. The molecule has 2 aromatic heterocycles. The predicted octanol–water partition coefficient (Wildman–Crippen LogP) is 6.25. The summed E-state index contributed by atoms with van der Waals surface area (Å²) in [6.45, 7) is 2.95. The third kappa shape index (κ3) is 9.22. The van der Waals surface area contributed by atoms with Crippen LogP contribution in [-0.4, -0.2) is 31.5 Å². The van der Waals surface area contributed by atoms with Crippen molar-refractivity contribution in [3.8, 4) is 5.75 Å². The zero-order valence-electron chi connectivity index (χ0n) is 24.1. The number of Topliss-reactive ketones (excluding diaryl/α,β-unsaturated/α-hetero) is 1. The predicted molar refractivity (Wildman–Crippen MR) is 157 cm³/mol. The quantitative estimate of drug-likeness (QED) is 0.144. The molecule has 0 amide bonds. The molecule has 8 nitrogen and oxygen atoms in total. The van der Waals surface area contributed by atoms with Crippen LogP contribution in [0.3, 0.4) is 0 Å². The van der Waals surface area contributed by atoms with Gasteiger partial charge in [0, 0.05) is 19.7 Å². The van der Waals surface area contributed by atoms with E-state index >= 15 is 0 Å². The van der Waals surface area contributed by atoms with Gasteiger partial charge in [0.25, 0.3) is 5.56 Å². The molecule has 0 aliphatic heterocycles. The molecule has 0 spiro atoms. The molecule has 0 saturated carbocycles. The van der Waals surface area contributed by atoms with Gasteiger partial charge in [-0.15, -0.1) is 0 Å². The average Bonchev–Trinajstić information content (AvgIpc) is 3.37. The number of ether oxygens (including phenoxy) is 1. The lowest BCUT2D eigenvalue weighted by molar-refractivity contribution is 0.0991. The lowest BCUT2D eigenvalue weighted by Gasteiger charge is -2.07. The Kier molecular flexibility index (Phi) is 12.5. The number of aromatic nitrogens is 4. The van der Waals surface area contributed by atoms with E-state index in [1.807, 2.05) is 12.1 Å². The lowest BCUT2D eigenvalue weighted by Crippen LogP contribution is -2.36. The number of hydrogen-bond acceptors (Lipinski definition) is 5. The van der Waals surface area contributed by atoms with Gasteiger partial charge in [-0.3, -0.25) is 18.7 Å². The zero-order valence-corrected chi connectivity index (χ0v) is 24.1. The molecule has 3 aromatic rings. The van der Waals surface area contributed by atoms with Crippen LogP contribution in [0.5, 0.6) is 5.75 Å². The zero-order chi connectivity index (χ0) is 28.0. The summed E-state index contributed by atoms with van der Waals surface area (Å²) in [5.41, 5.74) is 0.0926. The van der Waals surface area contributed by atoms with Gasteiger partial charge in [-0.2, -0.15) is 0 Å². The van der Waals surface area contributed by atoms with Crippen LogP contribution in [0.4, 0.5) is 0 Å². The second-order valence-electron chi connectivity index (χ2n) is 10.7. The van der Waals surface area contributed by atoms with Crippen molar-refractivity contribution in [2.24, 2.45) is 14.1 Å². The highest BCUT2D eigenvalue weighted by molar-refractivity contribution is 5.97. The van der Waals surface area contributed by atoms with Gasteiger partial charge >= 0.3 is 5.69 Å². The average molecular weight is 539 g/mol. The molecule has 0 unspecified atom stereocenters. The van der Waals surface area contributed by atoms with Gasteiger partial charge in [-0.05, 0) is 30.7 Å². The minimum atomic E-state index is -0.459. The number of hydrogen-bond donors (Lipinski definition) is 1. The van der Waals surface area contributed by atoms with Gasteiger partial charge < -0.3 is 9.72 Å². The van der Waals surface area contributed by atoms with Crippen LogP contribution in [0.2, 0.25) is 0 Å². The summed E-state index contributed by atoms with van der Waals surface area (Å²) in [6.07, 6.45) is 18.6. The highest BCUT2D eigenvalue weighted by Crippen LogP contribution is 2.16. The molecule has 0 aliphatic carbocycles. The fourth-order valence-corrected chi connectivity index (χ4v) is 4.94. The summed E-state index contributed by atoms with van der Waals surface area (Å²) in [5.74, 6) is 0.976. The first-order chi connectivity index (χ1) is 18.9. The topological polar surface area (TPSA) is 99.0 Å². The summed E-state index contributed by atoms with van der Waals surface area (Å²) >= 11 is 0. The van der Waals surface area contributed by atoms with E-state index in [-0.39, 0.29) is 23.4 Å². The van der Waals surface area contributed by atoms with Gasteiger partial charge in [0.05, 0.1) is 13.0 Å². The van der Waals surface area contributed by atoms with Crippen molar-refractivity contribution in [2.75, 3.05) is 6.61 Å². The number of aromatic amines is 1. The second kappa shape index (κ2) is 16.1. The third-order valence-electron chi connectivity index (χ3n) is 7.41. The summed E-state index contributed by atoms with van der Waals surface area (Å²) in [5, 5.41) is 0. The maximum absolute atomic E-state index is 12.8. The second-order valence-corrected chi connectivity index (χ2v) is 10.7. The van der Waals surface area contributed by atoms with E-state index in [4.69, 9.17) is 4.74 Å². The van der Waals surface area contributed by atoms with Crippen LogP contribution in [0.25, 0.3) is 11.2 Å². The number of benzene rings is 1. The van der Waals surface area contributed by atoms with Crippen molar-refractivity contribution in [1.29, 1.82) is 0 Å². The van der Waals surface area contributed by atoms with Gasteiger partial charge in [0.15, 0.2) is 11.4 Å². The van der Waals surface area contributed by atoms with Crippen molar-refractivity contribution >= 4 is 16.9 Å². The summed E-state index contributed by atoms with van der Waals surface area (Å²) in [4.78, 5) is 44.4. The molecule has 0 radical (unpaired) electrons. The van der Waals surface area contributed by atoms with Gasteiger partial charge in [0.2, 0.25) is 0 Å². The van der Waals surface area contributed by atoms with E-state index in [1.165, 1.54) is 95.1 Å². The largest absolute Gasteiger partial charge is 0.494 e. The van der Waals surface area contributed by atoms with E-state index in [9.17, 15) is 14.4 Å². The normalized spacial score (nSPS) is 11.4. The molecular formula is C31H46N4O4. The number of ketones is 1. The minimum absolute atomic E-state index is 0.00523. The van der Waals surface area contributed by atoms with Crippen LogP contribution in [0, 0.1) is 0 Å². The van der Waals surface area contributed by atoms with E-state index in [2.05, 4.69) is 16.9 Å². The highest BCUT2D eigenvalue weighted by Gasteiger charge is 2.16. The molecule has 214 valence electrons. The van der Waals surface area contributed by atoms with Crippen molar-refractivity contribution in [2.45, 2.75) is 103 Å². The fraction of sp³-hybridized carbons (Fsp3) is 0.613. The molecule has 0 fully saturated rings. The van der Waals surface area contributed by atoms with Crippen molar-refractivity contribution < 1.29 is 9.53 Å². The molecule has 0 aliphatic rings. The number of H-pyrrole nitrogens is 1. The Labute approximate surface area is 231 Å². The molecule has 0 saturated heterocycles. The summed E-state index contributed by atoms with van der Waals surface area (Å²) in [7, 11) is 2.97. The number of carbonyl (C=O) groups excluding carboxylic acids is 1. The van der Waals surface area contributed by atoms with Crippen LogP contribution >= 0.6 is 0 Å². The number of nitrogens with zero attached hydrogens (tertiary/aromatic N) is 3. The molecule has 8 heteroatoms. The molecule has 1 N–H and O–H groups in total. The molecule has 1 aromatic carbocycles. The third-order valence-corrected chi connectivity index (χ3v) is 7.41. The minimum Gasteiger partial charge on any atom is -0.494 e. The molecule has 3 rings (SSSR count). The van der Waals surface area contributed by atoms with Crippen molar-refractivity contribution in [3.63, 3.8) is 0 Å². The van der Waals surface area contributed by atoms with Crippen LogP contribution in [0.1, 0.15) is 113 Å². The molecule has 39 heavy (non-hydrogen) atoms. The standard InChI is InChI=1S/C31H46N4O4/c1-4-5-6-7-8-9-10-11-12-13-14-15-16-17-22-39-25-20-18-24(19-21-25)26(36)23-27-32-28-29(33-27)34(2)31(38)35(3)30(28)37/h18-21H,4-17,22-23H2,1-3H3,(H,32,33). The monoisotopic (exact) mass is 538 g/mol. The Morgan fingerprint density at radius 2 is 1.33 bits per heavy atom. The Balaban J connectivity index is 1.29. The number of carbonyl (C=O) groups is 1. The van der Waals surface area contributed by atoms with E-state index in [0.717, 1.165) is 16.7 Å². The van der Waals surface area contributed by atoms with E-state index < -0.39 is 11.2 Å². The maximum Gasteiger partial charge on any atom is 0.332 e. The Bertz CT molecular complexity index is 1290. The number of fused-ring (bicyclic) bond motifs is 1. The fourth-order valence-electron chi connectivity index (χ4n) is 4.94. The molecule has 0 bridgehead atoms. The van der Waals surface area contributed by atoms with E-state index in [1.54, 1.807) is 19.2 Å². The summed E-state index contributed by atoms with van der Waals surface area (Å²) < 4.78 is 8.17. The Morgan fingerprint density at radius 3 is 1.90 bits per heavy atom. The van der Waals surface area contributed by atoms with Gasteiger partial charge in [-0.25, -0.2) is 9.78 Å². The number of rotatable bonds is 19. The smallest absolute Gasteiger partial charge is 0.332 e.